The van der Waals surface area contributed by atoms with Gasteiger partial charge in [0.1, 0.15) is 17.9 Å². The summed E-state index contributed by atoms with van der Waals surface area (Å²) in [5, 5.41) is 20.8. The summed E-state index contributed by atoms with van der Waals surface area (Å²) >= 11 is 0. The number of hydrogen-bond donors (Lipinski definition) is 4. The van der Waals surface area contributed by atoms with Gasteiger partial charge in [0.2, 0.25) is 17.7 Å². The first-order chi connectivity index (χ1) is 31.6. The molecule has 1 unspecified atom stereocenters. The lowest BCUT2D eigenvalue weighted by atomic mass is 9.90. The Labute approximate surface area is 378 Å². The van der Waals surface area contributed by atoms with Gasteiger partial charge in [-0.3, -0.25) is 44.0 Å². The van der Waals surface area contributed by atoms with Gasteiger partial charge in [-0.25, -0.2) is 9.78 Å². The smallest absolute Gasteiger partial charge is 0.322 e. The molecule has 1 aliphatic carbocycles. The van der Waals surface area contributed by atoms with E-state index in [2.05, 4.69) is 66.4 Å². The topological polar surface area (TPSA) is 200 Å². The van der Waals surface area contributed by atoms with Gasteiger partial charge in [0, 0.05) is 80.9 Å². The molecule has 0 bridgehead atoms. The third kappa shape index (κ3) is 10.8. The minimum Gasteiger partial charge on any atom is -0.369 e. The zero-order valence-electron chi connectivity index (χ0n) is 36.3. The largest absolute Gasteiger partial charge is 0.369 e. The molecule has 4 heterocycles. The Bertz CT molecular complexity index is 2420. The fraction of sp³-hybridized carbons (Fsp3) is 0.388. The monoisotopic (exact) mass is 878 g/mol. The van der Waals surface area contributed by atoms with Crippen molar-refractivity contribution < 1.29 is 28.8 Å². The van der Waals surface area contributed by atoms with Crippen LogP contribution in [0, 0.1) is 11.3 Å². The number of rotatable bonds is 15. The molecule has 4 aromatic rings. The van der Waals surface area contributed by atoms with Crippen LogP contribution in [-0.2, 0) is 20.9 Å². The maximum absolute atomic E-state index is 13.9. The maximum Gasteiger partial charge on any atom is 0.322 e. The van der Waals surface area contributed by atoms with Crippen LogP contribution in [0.4, 0.5) is 27.7 Å². The molecule has 0 radical (unpaired) electrons. The van der Waals surface area contributed by atoms with E-state index in [0.717, 1.165) is 98.9 Å². The number of fused-ring (bicyclic) bond motifs is 1. The van der Waals surface area contributed by atoms with Gasteiger partial charge in [0.25, 0.3) is 11.8 Å². The molecule has 336 valence electrons. The summed E-state index contributed by atoms with van der Waals surface area (Å²) < 4.78 is 0. The Morgan fingerprint density at radius 3 is 2.28 bits per heavy atom. The first-order valence-electron chi connectivity index (χ1n) is 22.6. The third-order valence-electron chi connectivity index (χ3n) is 12.8. The molecule has 1 atom stereocenters. The number of carbonyl (C=O) groups is 6. The molecule has 3 fully saturated rings. The van der Waals surface area contributed by atoms with E-state index in [1.807, 2.05) is 41.3 Å². The van der Waals surface area contributed by atoms with Crippen LogP contribution >= 0.6 is 0 Å². The van der Waals surface area contributed by atoms with Crippen molar-refractivity contribution in [3.8, 4) is 6.07 Å². The molecule has 3 aromatic carbocycles. The van der Waals surface area contributed by atoms with Crippen LogP contribution in [0.1, 0.15) is 96.1 Å². The Morgan fingerprint density at radius 2 is 1.57 bits per heavy atom. The number of aromatic nitrogens is 1. The number of amides is 7. The second-order valence-corrected chi connectivity index (χ2v) is 17.1. The predicted octanol–water partition coefficient (Wildman–Crippen LogP) is 5.82. The van der Waals surface area contributed by atoms with Gasteiger partial charge < -0.3 is 20.9 Å². The highest BCUT2D eigenvalue weighted by molar-refractivity contribution is 6.24. The number of nitrogens with one attached hydrogen (secondary N) is 4. The molecular formula is C49H54N10O6. The van der Waals surface area contributed by atoms with Crippen molar-refractivity contribution in [2.75, 3.05) is 53.2 Å². The Hall–Kier alpha value is -7.12. The second kappa shape index (κ2) is 20.6. The number of hydrogen-bond acceptors (Lipinski definition) is 11. The van der Waals surface area contributed by atoms with Crippen molar-refractivity contribution in [2.24, 2.45) is 0 Å². The standard InChI is InChI=1S/C49H54N10O6/c50-30-34-10-22-43(51-32-34)53-35-11-14-38(15-12-35)58(49(65)52-31-33-7-3-1-4-8-33)39-18-16-37(17-19-39)57-27-25-56(26-28-57)24-6-2-5-9-44(60)54-36-13-20-40-41(29-36)48(64)59(47(40)63)42-21-23-45(61)55-46(42)62/h1,3-4,7-8,10,13,16-20,22,29,32,35,38,42H,2,5-6,9,11-12,14-15,21,23-28,31H2,(H,51,53)(H,52,65)(H,54,60)(H,55,61,62). The SMILES string of the molecule is N#Cc1ccc(NC2CCC(N(C(=O)NCc3ccccc3)c3ccc(N4CCN(CCCCCC(=O)Nc5ccc6c(c5)C(=O)N(C5CCC(=O)NC5=O)C6=O)CC4)cc3)CC2)nc1. The molecule has 2 saturated heterocycles. The van der Waals surface area contributed by atoms with Gasteiger partial charge in [-0.15, -0.1) is 0 Å². The Balaban J connectivity index is 0.772. The van der Waals surface area contributed by atoms with Crippen LogP contribution in [0.2, 0.25) is 0 Å². The average molecular weight is 879 g/mol. The fourth-order valence-corrected chi connectivity index (χ4v) is 9.21. The summed E-state index contributed by atoms with van der Waals surface area (Å²) in [6.45, 7) is 4.99. The molecule has 65 heavy (non-hydrogen) atoms. The van der Waals surface area contributed by atoms with Crippen molar-refractivity contribution >= 4 is 58.4 Å². The van der Waals surface area contributed by atoms with Gasteiger partial charge in [-0.05, 0) is 112 Å². The number of nitriles is 1. The lowest BCUT2D eigenvalue weighted by Gasteiger charge is -2.38. The van der Waals surface area contributed by atoms with Gasteiger partial charge in [-0.1, -0.05) is 36.8 Å². The lowest BCUT2D eigenvalue weighted by molar-refractivity contribution is -0.136. The third-order valence-corrected chi connectivity index (χ3v) is 12.8. The first kappa shape index (κ1) is 44.5. The number of carbonyl (C=O) groups excluding carboxylic acids is 6. The van der Waals surface area contributed by atoms with Crippen molar-refractivity contribution in [1.29, 1.82) is 5.26 Å². The maximum atomic E-state index is 13.9. The molecule has 8 rings (SSSR count). The second-order valence-electron chi connectivity index (χ2n) is 17.1. The van der Waals surface area contributed by atoms with E-state index in [0.29, 0.717) is 30.6 Å². The number of piperazine rings is 1. The van der Waals surface area contributed by atoms with E-state index in [4.69, 9.17) is 5.26 Å². The summed E-state index contributed by atoms with van der Waals surface area (Å²) in [5.41, 5.74) is 4.25. The predicted molar refractivity (Wildman–Crippen MR) is 245 cm³/mol. The van der Waals surface area contributed by atoms with Crippen molar-refractivity contribution in [1.82, 2.24) is 25.4 Å². The van der Waals surface area contributed by atoms with E-state index in [1.165, 1.54) is 12.1 Å². The van der Waals surface area contributed by atoms with Crippen LogP contribution in [0.5, 0.6) is 0 Å². The van der Waals surface area contributed by atoms with Gasteiger partial charge in [0.05, 0.1) is 16.7 Å². The van der Waals surface area contributed by atoms with Crippen LogP contribution in [-0.4, -0.2) is 101 Å². The molecule has 4 aliphatic rings. The molecular weight excluding hydrogens is 825 g/mol. The molecule has 0 spiro atoms. The van der Waals surface area contributed by atoms with Gasteiger partial charge in [-0.2, -0.15) is 5.26 Å². The molecule has 7 amide bonds. The average Bonchev–Trinajstić information content (AvgIpc) is 3.57. The minimum atomic E-state index is -1.04. The van der Waals surface area contributed by atoms with Crippen LogP contribution in [0.3, 0.4) is 0 Å². The van der Waals surface area contributed by atoms with E-state index in [1.54, 1.807) is 18.3 Å². The van der Waals surface area contributed by atoms with Crippen molar-refractivity contribution in [3.05, 3.63) is 113 Å². The number of urea groups is 1. The van der Waals surface area contributed by atoms with Gasteiger partial charge in [0.15, 0.2) is 0 Å². The number of benzene rings is 3. The van der Waals surface area contributed by atoms with E-state index in [9.17, 15) is 28.8 Å². The number of nitrogens with zero attached hydrogens (tertiary/aromatic N) is 6. The number of piperidine rings is 1. The van der Waals surface area contributed by atoms with Gasteiger partial charge >= 0.3 is 6.03 Å². The summed E-state index contributed by atoms with van der Waals surface area (Å²) in [6.07, 6.45) is 8.00. The summed E-state index contributed by atoms with van der Waals surface area (Å²) in [4.78, 5) is 88.9. The van der Waals surface area contributed by atoms with Crippen molar-refractivity contribution in [3.63, 3.8) is 0 Å². The zero-order valence-corrected chi connectivity index (χ0v) is 36.3. The normalized spacial score (nSPS) is 19.8. The minimum absolute atomic E-state index is 0.0351. The van der Waals surface area contributed by atoms with Crippen LogP contribution < -0.4 is 31.1 Å². The van der Waals surface area contributed by atoms with E-state index < -0.39 is 29.7 Å². The Morgan fingerprint density at radius 1 is 0.815 bits per heavy atom. The van der Waals surface area contributed by atoms with Crippen molar-refractivity contribution in [2.45, 2.75) is 88.9 Å². The number of anilines is 4. The highest BCUT2D eigenvalue weighted by Gasteiger charge is 2.44. The molecule has 1 aromatic heterocycles. The van der Waals surface area contributed by atoms with Crippen LogP contribution in [0.25, 0.3) is 0 Å². The summed E-state index contributed by atoms with van der Waals surface area (Å²) in [7, 11) is 0. The summed E-state index contributed by atoms with van der Waals surface area (Å²) in [6, 6.07) is 27.6. The first-order valence-corrected chi connectivity index (χ1v) is 22.6. The van der Waals surface area contributed by atoms with Crippen LogP contribution in [0.15, 0.2) is 91.1 Å². The number of unbranched alkanes of at least 4 members (excludes halogenated alkanes) is 2. The summed E-state index contributed by atoms with van der Waals surface area (Å²) in [5.74, 6) is -1.73. The van der Waals surface area contributed by atoms with E-state index in [-0.39, 0.29) is 48.0 Å². The molecule has 16 nitrogen and oxygen atoms in total. The fourth-order valence-electron chi connectivity index (χ4n) is 9.21. The molecule has 3 aliphatic heterocycles. The number of pyridine rings is 1. The molecule has 1 saturated carbocycles. The number of imide groups is 2. The highest BCUT2D eigenvalue weighted by Crippen LogP contribution is 2.32. The zero-order chi connectivity index (χ0) is 45.3. The quantitative estimate of drug-likeness (QED) is 0.0830. The molecule has 16 heteroatoms. The highest BCUT2D eigenvalue weighted by atomic mass is 16.2. The Kier molecular flexibility index (Phi) is 14.1. The lowest BCUT2D eigenvalue weighted by Crippen LogP contribution is -2.54. The molecule has 4 N–H and O–H groups in total. The van der Waals surface area contributed by atoms with E-state index >= 15 is 0 Å².